The molecular weight excluding hydrogens is 268 g/mol. The van der Waals surface area contributed by atoms with Crippen molar-refractivity contribution in [2.75, 3.05) is 20.7 Å². The highest BCUT2D eigenvalue weighted by atomic mass is 16.3. The lowest BCUT2D eigenvalue weighted by Crippen LogP contribution is -2.39. The number of benzene rings is 1. The Labute approximate surface area is 125 Å². The summed E-state index contributed by atoms with van der Waals surface area (Å²) in [5.41, 5.74) is 1.07. The van der Waals surface area contributed by atoms with Crippen LogP contribution in [0.3, 0.4) is 0 Å². The summed E-state index contributed by atoms with van der Waals surface area (Å²) < 4.78 is 0. The number of amides is 1. The van der Waals surface area contributed by atoms with Gasteiger partial charge in [-0.1, -0.05) is 30.3 Å². The summed E-state index contributed by atoms with van der Waals surface area (Å²) in [7, 11) is 3.28. The van der Waals surface area contributed by atoms with Crippen LogP contribution in [0.5, 0.6) is 0 Å². The molecule has 21 heavy (non-hydrogen) atoms. The van der Waals surface area contributed by atoms with Gasteiger partial charge in [0, 0.05) is 26.0 Å². The molecule has 0 saturated carbocycles. The predicted molar refractivity (Wildman–Crippen MR) is 81.9 cm³/mol. The van der Waals surface area contributed by atoms with E-state index in [9.17, 15) is 9.59 Å². The maximum atomic E-state index is 12.4. The monoisotopic (exact) mass is 292 g/mol. The molecule has 0 aliphatic carbocycles. The zero-order valence-corrected chi connectivity index (χ0v) is 12.6. The molecule has 2 atom stereocenters. The summed E-state index contributed by atoms with van der Waals surface area (Å²) in [6, 6.07) is 9.43. The van der Waals surface area contributed by atoms with Gasteiger partial charge >= 0.3 is 0 Å². The lowest BCUT2D eigenvalue weighted by atomic mass is 9.92. The van der Waals surface area contributed by atoms with E-state index in [0.29, 0.717) is 12.8 Å². The lowest BCUT2D eigenvalue weighted by Gasteiger charge is -2.19. The molecule has 116 valence electrons. The van der Waals surface area contributed by atoms with Crippen LogP contribution in [-0.2, 0) is 16.0 Å². The van der Waals surface area contributed by atoms with Crippen LogP contribution < -0.4 is 10.6 Å². The zero-order valence-electron chi connectivity index (χ0n) is 12.6. The van der Waals surface area contributed by atoms with Crippen molar-refractivity contribution in [3.05, 3.63) is 35.9 Å². The van der Waals surface area contributed by atoms with Crippen LogP contribution in [0.2, 0.25) is 0 Å². The topological polar surface area (TPSA) is 78.4 Å². The van der Waals surface area contributed by atoms with Crippen molar-refractivity contribution in [1.29, 1.82) is 0 Å². The van der Waals surface area contributed by atoms with Gasteiger partial charge < -0.3 is 15.7 Å². The van der Waals surface area contributed by atoms with Crippen molar-refractivity contribution in [2.45, 2.75) is 25.3 Å². The Balaban J connectivity index is 2.67. The summed E-state index contributed by atoms with van der Waals surface area (Å²) >= 11 is 0. The minimum Gasteiger partial charge on any atom is -0.396 e. The van der Waals surface area contributed by atoms with Gasteiger partial charge in [0.1, 0.15) is 0 Å². The number of carbonyl (C=O) groups excluding carboxylic acids is 2. The number of hydrogen-bond donors (Lipinski definition) is 3. The number of aliphatic hydroxyl groups excluding tert-OH is 1. The Kier molecular flexibility index (Phi) is 7.64. The van der Waals surface area contributed by atoms with Crippen LogP contribution in [0.15, 0.2) is 30.3 Å². The second-order valence-corrected chi connectivity index (χ2v) is 5.02. The van der Waals surface area contributed by atoms with Gasteiger partial charge in [0.05, 0.1) is 6.04 Å². The highest BCUT2D eigenvalue weighted by molar-refractivity contribution is 5.89. The summed E-state index contributed by atoms with van der Waals surface area (Å²) in [6.45, 7) is -0.103. The minimum absolute atomic E-state index is 0.0107. The predicted octanol–water partition coefficient (Wildman–Crippen LogP) is 0.521. The molecule has 1 aromatic rings. The van der Waals surface area contributed by atoms with Crippen molar-refractivity contribution in [3.8, 4) is 0 Å². The third kappa shape index (κ3) is 5.65. The van der Waals surface area contributed by atoms with Crippen LogP contribution in [0.1, 0.15) is 18.4 Å². The van der Waals surface area contributed by atoms with Gasteiger partial charge in [0.25, 0.3) is 0 Å². The van der Waals surface area contributed by atoms with E-state index in [0.717, 1.165) is 5.56 Å². The van der Waals surface area contributed by atoms with E-state index in [-0.39, 0.29) is 30.8 Å². The van der Waals surface area contributed by atoms with Gasteiger partial charge in [0.15, 0.2) is 5.78 Å². The van der Waals surface area contributed by atoms with Crippen molar-refractivity contribution >= 4 is 11.7 Å². The molecule has 0 bridgehead atoms. The number of aliphatic hydroxyl groups is 1. The number of rotatable bonds is 9. The molecule has 1 aromatic carbocycles. The normalized spacial score (nSPS) is 13.5. The molecular formula is C16H24N2O3. The van der Waals surface area contributed by atoms with Crippen LogP contribution in [0.25, 0.3) is 0 Å². The molecule has 0 aromatic heterocycles. The maximum Gasteiger partial charge on any atom is 0.223 e. The lowest BCUT2D eigenvalue weighted by molar-refractivity contribution is -0.130. The summed E-state index contributed by atoms with van der Waals surface area (Å²) in [4.78, 5) is 24.1. The first-order valence-corrected chi connectivity index (χ1v) is 7.18. The van der Waals surface area contributed by atoms with Gasteiger partial charge in [-0.3, -0.25) is 9.59 Å². The molecule has 5 nitrogen and oxygen atoms in total. The first kappa shape index (κ1) is 17.3. The van der Waals surface area contributed by atoms with E-state index >= 15 is 0 Å². The Hall–Kier alpha value is -1.72. The standard InChI is InChI=1S/C16H24N2O3/c1-17-14(10-12-6-4-3-5-7-12)15(20)11-13(8-9-19)16(21)18-2/h3-7,13-14,17,19H,8-11H2,1-2H3,(H,18,21)/t13?,14-/m0/s1. The quantitative estimate of drug-likeness (QED) is 0.620. The molecule has 1 unspecified atom stereocenters. The number of carbonyl (C=O) groups is 2. The average molecular weight is 292 g/mol. The minimum atomic E-state index is -0.473. The molecule has 0 spiro atoms. The molecule has 0 aliphatic heterocycles. The van der Waals surface area contributed by atoms with Crippen LogP contribution in [-0.4, -0.2) is 43.5 Å². The Bertz CT molecular complexity index is 448. The van der Waals surface area contributed by atoms with Crippen LogP contribution in [0.4, 0.5) is 0 Å². The summed E-state index contributed by atoms with van der Waals surface area (Å²) in [5, 5.41) is 14.6. The van der Waals surface area contributed by atoms with E-state index < -0.39 is 5.92 Å². The first-order valence-electron chi connectivity index (χ1n) is 7.18. The third-order valence-electron chi connectivity index (χ3n) is 3.56. The van der Waals surface area contributed by atoms with Gasteiger partial charge in [-0.2, -0.15) is 0 Å². The van der Waals surface area contributed by atoms with E-state index in [4.69, 9.17) is 5.11 Å². The Morgan fingerprint density at radius 2 is 1.86 bits per heavy atom. The zero-order chi connectivity index (χ0) is 15.7. The smallest absolute Gasteiger partial charge is 0.223 e. The molecule has 0 saturated heterocycles. The van der Waals surface area contributed by atoms with E-state index in [1.165, 1.54) is 7.05 Å². The molecule has 1 amide bonds. The number of Topliss-reactive ketones (excluding diaryl/α,β-unsaturated/α-hetero) is 1. The van der Waals surface area contributed by atoms with Crippen molar-refractivity contribution in [2.24, 2.45) is 5.92 Å². The van der Waals surface area contributed by atoms with E-state index in [1.807, 2.05) is 30.3 Å². The largest absolute Gasteiger partial charge is 0.396 e. The van der Waals surface area contributed by atoms with Gasteiger partial charge in [-0.05, 0) is 25.5 Å². The SMILES string of the molecule is CNC(=O)C(CCO)CC(=O)[C@H](Cc1ccccc1)NC. The number of nitrogens with one attached hydrogen (secondary N) is 2. The van der Waals surface area contributed by atoms with Crippen molar-refractivity contribution < 1.29 is 14.7 Å². The molecule has 1 rings (SSSR count). The molecule has 0 aliphatic rings. The molecule has 0 heterocycles. The van der Waals surface area contributed by atoms with Gasteiger partial charge in [0.2, 0.25) is 5.91 Å². The summed E-state index contributed by atoms with van der Waals surface area (Å²) in [6.07, 6.45) is 1.03. The molecule has 5 heteroatoms. The fourth-order valence-corrected chi connectivity index (χ4v) is 2.30. The van der Waals surface area contributed by atoms with Gasteiger partial charge in [-0.25, -0.2) is 0 Å². The highest BCUT2D eigenvalue weighted by Gasteiger charge is 2.25. The maximum absolute atomic E-state index is 12.4. The molecule has 0 radical (unpaired) electrons. The van der Waals surface area contributed by atoms with Gasteiger partial charge in [-0.15, -0.1) is 0 Å². The number of ketones is 1. The van der Waals surface area contributed by atoms with Crippen molar-refractivity contribution in [1.82, 2.24) is 10.6 Å². The Morgan fingerprint density at radius 3 is 2.38 bits per heavy atom. The first-order chi connectivity index (χ1) is 10.1. The number of hydrogen-bond acceptors (Lipinski definition) is 4. The number of likely N-dealkylation sites (N-methyl/N-ethyl adjacent to an activating group) is 1. The molecule has 0 fully saturated rings. The summed E-state index contributed by atoms with van der Waals surface area (Å²) in [5.74, 6) is -0.686. The van der Waals surface area contributed by atoms with E-state index in [1.54, 1.807) is 7.05 Å². The second kappa shape index (κ2) is 9.26. The van der Waals surface area contributed by atoms with Crippen LogP contribution in [0, 0.1) is 5.92 Å². The fourth-order valence-electron chi connectivity index (χ4n) is 2.30. The fraction of sp³-hybridized carbons (Fsp3) is 0.500. The highest BCUT2D eigenvalue weighted by Crippen LogP contribution is 2.13. The average Bonchev–Trinajstić information content (AvgIpc) is 2.52. The Morgan fingerprint density at radius 1 is 1.19 bits per heavy atom. The third-order valence-corrected chi connectivity index (χ3v) is 3.56. The van der Waals surface area contributed by atoms with Crippen LogP contribution >= 0.6 is 0 Å². The second-order valence-electron chi connectivity index (χ2n) is 5.02. The van der Waals surface area contributed by atoms with Crippen molar-refractivity contribution in [3.63, 3.8) is 0 Å². The van der Waals surface area contributed by atoms with E-state index in [2.05, 4.69) is 10.6 Å². The molecule has 3 N–H and O–H groups in total.